The average molecular weight is 228 g/mol. The number of carbonyl (C=O) groups excluding carboxylic acids is 1. The smallest absolute Gasteiger partial charge is 0.234 e. The molecule has 4 nitrogen and oxygen atoms in total. The van der Waals surface area contributed by atoms with Crippen LogP contribution < -0.4 is 5.32 Å². The molecule has 0 saturated carbocycles. The summed E-state index contributed by atoms with van der Waals surface area (Å²) in [7, 11) is 0. The zero-order chi connectivity index (χ0) is 12.2. The molecule has 0 aromatic rings. The van der Waals surface area contributed by atoms with E-state index in [1.807, 2.05) is 6.92 Å². The first-order chi connectivity index (χ1) is 7.39. The van der Waals surface area contributed by atoms with E-state index in [1.165, 1.54) is 0 Å². The summed E-state index contributed by atoms with van der Waals surface area (Å²) >= 11 is 0. The van der Waals surface area contributed by atoms with E-state index < -0.39 is 5.60 Å². The van der Waals surface area contributed by atoms with Crippen LogP contribution in [0.15, 0.2) is 0 Å². The number of hydrogen-bond donors (Lipinski definition) is 2. The molecule has 0 bridgehead atoms. The number of hydrogen-bond acceptors (Lipinski definition) is 3. The van der Waals surface area contributed by atoms with Gasteiger partial charge in [0.1, 0.15) is 0 Å². The lowest BCUT2D eigenvalue weighted by Crippen LogP contribution is -2.46. The molecular formula is C12H24N2O2. The number of amides is 1. The number of nitrogens with one attached hydrogen (secondary N) is 1. The maximum Gasteiger partial charge on any atom is 0.234 e. The monoisotopic (exact) mass is 228 g/mol. The van der Waals surface area contributed by atoms with Gasteiger partial charge in [0.2, 0.25) is 5.91 Å². The summed E-state index contributed by atoms with van der Waals surface area (Å²) in [4.78, 5) is 13.7. The topological polar surface area (TPSA) is 52.6 Å². The molecule has 0 radical (unpaired) electrons. The Morgan fingerprint density at radius 1 is 1.44 bits per heavy atom. The summed E-state index contributed by atoms with van der Waals surface area (Å²) in [5.74, 6) is 0.585. The van der Waals surface area contributed by atoms with Crippen LogP contribution in [0.5, 0.6) is 0 Å². The van der Waals surface area contributed by atoms with Crippen molar-refractivity contribution in [2.24, 2.45) is 5.92 Å². The Hall–Kier alpha value is -0.610. The Kier molecular flexibility index (Phi) is 4.74. The van der Waals surface area contributed by atoms with Crippen LogP contribution >= 0.6 is 0 Å². The minimum absolute atomic E-state index is 0.0928. The van der Waals surface area contributed by atoms with Crippen LogP contribution in [0, 0.1) is 5.92 Å². The van der Waals surface area contributed by atoms with Gasteiger partial charge in [0.05, 0.1) is 12.1 Å². The molecule has 0 aliphatic carbocycles. The second-order valence-corrected chi connectivity index (χ2v) is 5.47. The van der Waals surface area contributed by atoms with Gasteiger partial charge in [0.25, 0.3) is 0 Å². The van der Waals surface area contributed by atoms with Gasteiger partial charge >= 0.3 is 0 Å². The maximum atomic E-state index is 11.6. The van der Waals surface area contributed by atoms with Gasteiger partial charge in [-0.25, -0.2) is 0 Å². The highest BCUT2D eigenvalue weighted by molar-refractivity contribution is 5.78. The summed E-state index contributed by atoms with van der Waals surface area (Å²) in [6.45, 7) is 8.84. The number of rotatable bonds is 4. The standard InChI is InChI=1S/C12H24N2O2/c1-10(2)8-13-11(15)9-14-6-4-12(3,16)5-7-14/h10,16H,4-9H2,1-3H3,(H,13,15). The molecule has 0 atom stereocenters. The van der Waals surface area contributed by atoms with Gasteiger partial charge in [-0.15, -0.1) is 0 Å². The fraction of sp³-hybridized carbons (Fsp3) is 0.917. The lowest BCUT2D eigenvalue weighted by Gasteiger charge is -2.35. The molecule has 1 aliphatic rings. The van der Waals surface area contributed by atoms with Gasteiger partial charge in [0.15, 0.2) is 0 Å². The lowest BCUT2D eigenvalue weighted by molar-refractivity contribution is -0.123. The third-order valence-corrected chi connectivity index (χ3v) is 3.01. The van der Waals surface area contributed by atoms with E-state index in [9.17, 15) is 9.90 Å². The molecule has 0 aromatic heterocycles. The Balaban J connectivity index is 2.21. The van der Waals surface area contributed by atoms with Crippen molar-refractivity contribution in [3.8, 4) is 0 Å². The largest absolute Gasteiger partial charge is 0.390 e. The van der Waals surface area contributed by atoms with E-state index in [-0.39, 0.29) is 5.91 Å². The summed E-state index contributed by atoms with van der Waals surface area (Å²) in [5, 5.41) is 12.7. The van der Waals surface area contributed by atoms with E-state index in [2.05, 4.69) is 24.1 Å². The molecule has 0 aromatic carbocycles. The molecule has 1 fully saturated rings. The fourth-order valence-corrected chi connectivity index (χ4v) is 1.77. The molecule has 2 N–H and O–H groups in total. The number of likely N-dealkylation sites (tertiary alicyclic amines) is 1. The van der Waals surface area contributed by atoms with Gasteiger partial charge in [-0.2, -0.15) is 0 Å². The van der Waals surface area contributed by atoms with Crippen LogP contribution in [0.2, 0.25) is 0 Å². The average Bonchev–Trinajstić information content (AvgIpc) is 2.18. The minimum Gasteiger partial charge on any atom is -0.390 e. The zero-order valence-electron chi connectivity index (χ0n) is 10.6. The van der Waals surface area contributed by atoms with Gasteiger partial charge < -0.3 is 10.4 Å². The minimum atomic E-state index is -0.537. The molecule has 0 spiro atoms. The Bertz CT molecular complexity index is 229. The van der Waals surface area contributed by atoms with Crippen molar-refractivity contribution in [2.45, 2.75) is 39.2 Å². The third-order valence-electron chi connectivity index (χ3n) is 3.01. The first-order valence-corrected chi connectivity index (χ1v) is 6.10. The van der Waals surface area contributed by atoms with E-state index >= 15 is 0 Å². The van der Waals surface area contributed by atoms with Crippen molar-refractivity contribution < 1.29 is 9.90 Å². The highest BCUT2D eigenvalue weighted by Gasteiger charge is 2.27. The van der Waals surface area contributed by atoms with Gasteiger partial charge in [-0.05, 0) is 25.7 Å². The second kappa shape index (κ2) is 5.64. The Labute approximate surface area is 98.0 Å². The molecular weight excluding hydrogens is 204 g/mol. The van der Waals surface area contributed by atoms with Crippen molar-refractivity contribution in [1.29, 1.82) is 0 Å². The molecule has 1 saturated heterocycles. The predicted octanol–water partition coefficient (Wildman–Crippen LogP) is 0.605. The van der Waals surface area contributed by atoms with Crippen molar-refractivity contribution in [3.05, 3.63) is 0 Å². The molecule has 1 heterocycles. The van der Waals surface area contributed by atoms with Crippen molar-refractivity contribution in [1.82, 2.24) is 10.2 Å². The molecule has 1 rings (SSSR count). The summed E-state index contributed by atoms with van der Waals surface area (Å²) in [6, 6.07) is 0. The number of carbonyl (C=O) groups is 1. The van der Waals surface area contributed by atoms with Crippen molar-refractivity contribution in [3.63, 3.8) is 0 Å². The van der Waals surface area contributed by atoms with E-state index in [0.717, 1.165) is 32.5 Å². The molecule has 1 amide bonds. The highest BCUT2D eigenvalue weighted by atomic mass is 16.3. The van der Waals surface area contributed by atoms with Crippen molar-refractivity contribution in [2.75, 3.05) is 26.2 Å². The first kappa shape index (κ1) is 13.5. The van der Waals surface area contributed by atoms with Crippen molar-refractivity contribution >= 4 is 5.91 Å². The van der Waals surface area contributed by atoms with Gasteiger partial charge in [-0.1, -0.05) is 13.8 Å². The van der Waals surface area contributed by atoms with Crippen LogP contribution in [0.1, 0.15) is 33.6 Å². The normalized spacial score (nSPS) is 21.1. The lowest BCUT2D eigenvalue weighted by atomic mass is 9.94. The van der Waals surface area contributed by atoms with Gasteiger partial charge in [0, 0.05) is 19.6 Å². The quantitative estimate of drug-likeness (QED) is 0.741. The van der Waals surface area contributed by atoms with Crippen LogP contribution in [-0.2, 0) is 4.79 Å². The van der Waals surface area contributed by atoms with Crippen LogP contribution in [0.3, 0.4) is 0 Å². The third kappa shape index (κ3) is 4.94. The van der Waals surface area contributed by atoms with E-state index in [1.54, 1.807) is 0 Å². The molecule has 16 heavy (non-hydrogen) atoms. The zero-order valence-corrected chi connectivity index (χ0v) is 10.6. The first-order valence-electron chi connectivity index (χ1n) is 6.10. The van der Waals surface area contributed by atoms with Crippen LogP contribution in [0.25, 0.3) is 0 Å². The maximum absolute atomic E-state index is 11.6. The van der Waals surface area contributed by atoms with E-state index in [4.69, 9.17) is 0 Å². The number of nitrogens with zero attached hydrogens (tertiary/aromatic N) is 1. The van der Waals surface area contributed by atoms with Crippen LogP contribution in [0.4, 0.5) is 0 Å². The molecule has 1 aliphatic heterocycles. The van der Waals surface area contributed by atoms with Gasteiger partial charge in [-0.3, -0.25) is 9.69 Å². The predicted molar refractivity (Wildman–Crippen MR) is 64.1 cm³/mol. The number of piperidine rings is 1. The number of aliphatic hydroxyl groups is 1. The summed E-state index contributed by atoms with van der Waals surface area (Å²) < 4.78 is 0. The molecule has 4 heteroatoms. The Morgan fingerprint density at radius 2 is 2.00 bits per heavy atom. The van der Waals surface area contributed by atoms with Crippen LogP contribution in [-0.4, -0.2) is 47.7 Å². The molecule has 94 valence electrons. The summed E-state index contributed by atoms with van der Waals surface area (Å²) in [5.41, 5.74) is -0.537. The SMILES string of the molecule is CC(C)CNC(=O)CN1CCC(C)(O)CC1. The summed E-state index contributed by atoms with van der Waals surface area (Å²) in [6.07, 6.45) is 1.51. The Morgan fingerprint density at radius 3 is 2.50 bits per heavy atom. The highest BCUT2D eigenvalue weighted by Crippen LogP contribution is 2.20. The second-order valence-electron chi connectivity index (χ2n) is 5.47. The molecule has 0 unspecified atom stereocenters. The fourth-order valence-electron chi connectivity index (χ4n) is 1.77. The van der Waals surface area contributed by atoms with E-state index in [0.29, 0.717) is 12.5 Å².